The maximum Gasteiger partial charge on any atom is 0.233 e. The third-order valence-corrected chi connectivity index (χ3v) is 8.94. The van der Waals surface area contributed by atoms with Crippen LogP contribution in [0.4, 0.5) is 14.5 Å². The van der Waals surface area contributed by atoms with Gasteiger partial charge in [-0.15, -0.1) is 0 Å². The van der Waals surface area contributed by atoms with E-state index < -0.39 is 25.5 Å². The van der Waals surface area contributed by atoms with Gasteiger partial charge < -0.3 is 29.8 Å². The summed E-state index contributed by atoms with van der Waals surface area (Å²) < 4.78 is 43.9. The highest BCUT2D eigenvalue weighted by molar-refractivity contribution is 14.1. The van der Waals surface area contributed by atoms with Crippen molar-refractivity contribution in [3.05, 3.63) is 39.9 Å². The molecule has 200 valence electrons. The van der Waals surface area contributed by atoms with Crippen LogP contribution in [0, 0.1) is 20.6 Å². The molecule has 0 bridgehead atoms. The lowest BCUT2D eigenvalue weighted by atomic mass is 10.1. The Bertz CT molecular complexity index is 1280. The third-order valence-electron chi connectivity index (χ3n) is 6.17. The molecule has 1 fully saturated rings. The molecule has 0 amide bonds. The molecule has 37 heavy (non-hydrogen) atoms. The van der Waals surface area contributed by atoms with Crippen LogP contribution in [0.1, 0.15) is 12.8 Å². The van der Waals surface area contributed by atoms with Crippen LogP contribution < -0.4 is 15.4 Å². The molecule has 0 aliphatic heterocycles. The van der Waals surface area contributed by atoms with Crippen LogP contribution in [-0.4, -0.2) is 52.6 Å². The molecular weight excluding hydrogens is 631 g/mol. The van der Waals surface area contributed by atoms with Crippen molar-refractivity contribution in [3.8, 4) is 11.6 Å². The second kappa shape index (κ2) is 11.4. The van der Waals surface area contributed by atoms with E-state index in [-0.39, 0.29) is 28.7 Å². The molecule has 3 aromatic rings. The summed E-state index contributed by atoms with van der Waals surface area (Å²) in [7, 11) is -1.21. The van der Waals surface area contributed by atoms with E-state index in [1.807, 2.05) is 10.8 Å². The minimum atomic E-state index is -1.21. The quantitative estimate of drug-likeness (QED) is 0.108. The van der Waals surface area contributed by atoms with Gasteiger partial charge in [0.25, 0.3) is 0 Å². The van der Waals surface area contributed by atoms with Gasteiger partial charge in [-0.2, -0.15) is 0 Å². The normalized spacial score (nSPS) is 14.6. The molecule has 3 N–H and O–H groups in total. The molecule has 13 heteroatoms. The fourth-order valence-corrected chi connectivity index (χ4v) is 5.36. The molecule has 1 saturated carbocycles. The number of benzene rings is 1. The van der Waals surface area contributed by atoms with Gasteiger partial charge >= 0.3 is 0 Å². The molecule has 2 aromatic heterocycles. The summed E-state index contributed by atoms with van der Waals surface area (Å²) in [6, 6.07) is 3.25. The molecule has 0 unspecified atom stereocenters. The summed E-state index contributed by atoms with van der Waals surface area (Å²) in [5, 5.41) is 15.9. The molecule has 1 aliphatic carbocycles. The zero-order valence-corrected chi connectivity index (χ0v) is 24.9. The minimum absolute atomic E-state index is 0.0460. The van der Waals surface area contributed by atoms with Gasteiger partial charge in [-0.3, -0.25) is 0 Å². The number of ether oxygens (including phenoxy) is 2. The smallest absolute Gasteiger partial charge is 0.233 e. The Balaban J connectivity index is 1.46. The first-order valence-corrected chi connectivity index (χ1v) is 17.1. The van der Waals surface area contributed by atoms with Crippen molar-refractivity contribution in [2.24, 2.45) is 5.41 Å². The summed E-state index contributed by atoms with van der Waals surface area (Å²) in [5.74, 6) is -2.34. The Morgan fingerprint density at radius 2 is 1.95 bits per heavy atom. The van der Waals surface area contributed by atoms with E-state index in [4.69, 9.17) is 21.7 Å². The highest BCUT2D eigenvalue weighted by Crippen LogP contribution is 2.44. The number of aliphatic hydroxyl groups is 1. The predicted molar refractivity (Wildman–Crippen MR) is 154 cm³/mol. The Morgan fingerprint density at radius 1 is 1.24 bits per heavy atom. The lowest BCUT2D eigenvalue weighted by Crippen LogP contribution is -2.34. The van der Waals surface area contributed by atoms with Crippen molar-refractivity contribution >= 4 is 64.7 Å². The highest BCUT2D eigenvalue weighted by Gasteiger charge is 2.41. The van der Waals surface area contributed by atoms with Gasteiger partial charge in [0.15, 0.2) is 16.7 Å². The van der Waals surface area contributed by atoms with E-state index >= 15 is 0 Å². The monoisotopic (exact) mass is 661 g/mol. The van der Waals surface area contributed by atoms with Crippen molar-refractivity contribution in [3.63, 3.8) is 0 Å². The van der Waals surface area contributed by atoms with Crippen LogP contribution >= 0.6 is 34.8 Å². The molecular formula is C24H30F2IN5O3SSi. The first kappa shape index (κ1) is 28.1. The van der Waals surface area contributed by atoms with Gasteiger partial charge in [0, 0.05) is 54.2 Å². The number of hydrogen-bond acceptors (Lipinski definition) is 6. The van der Waals surface area contributed by atoms with E-state index in [1.54, 1.807) is 0 Å². The maximum absolute atomic E-state index is 14.9. The van der Waals surface area contributed by atoms with Gasteiger partial charge in [-0.1, -0.05) is 19.6 Å². The van der Waals surface area contributed by atoms with Crippen molar-refractivity contribution in [2.75, 3.05) is 25.1 Å². The Morgan fingerprint density at radius 3 is 2.57 bits per heavy atom. The van der Waals surface area contributed by atoms with E-state index in [9.17, 15) is 13.9 Å². The highest BCUT2D eigenvalue weighted by atomic mass is 127. The molecule has 1 aromatic carbocycles. The summed E-state index contributed by atoms with van der Waals surface area (Å²) in [6.45, 7) is 8.38. The predicted octanol–water partition coefficient (Wildman–Crippen LogP) is 5.48. The van der Waals surface area contributed by atoms with Gasteiger partial charge in [-0.05, 0) is 53.7 Å². The van der Waals surface area contributed by atoms with Crippen molar-refractivity contribution in [1.29, 1.82) is 0 Å². The van der Waals surface area contributed by atoms with Gasteiger partial charge in [0.05, 0.1) is 12.0 Å². The molecule has 0 saturated heterocycles. The standard InChI is InChI=1S/C24H30F2IN5O3SSi/c1-37(2,3)7-6-34-14-32-10-18(27)19-21(32)29-13-30-22(19)35-20-16(25)8-15(9-17(20)26)31-23(36)28-11-24(12-33)4-5-24/h8-10,13,33H,4-7,11-12,14H2,1-3H3,(H2,28,31,36). The molecule has 1 aliphatic rings. The van der Waals surface area contributed by atoms with Gasteiger partial charge in [-0.25, -0.2) is 18.7 Å². The molecule has 0 atom stereocenters. The van der Waals surface area contributed by atoms with Crippen molar-refractivity contribution in [2.45, 2.75) is 45.3 Å². The second-order valence-electron chi connectivity index (χ2n) is 10.5. The summed E-state index contributed by atoms with van der Waals surface area (Å²) in [5.41, 5.74) is 0.534. The number of nitrogens with zero attached hydrogens (tertiary/aromatic N) is 3. The lowest BCUT2D eigenvalue weighted by molar-refractivity contribution is 0.0898. The second-order valence-corrected chi connectivity index (χ2v) is 17.7. The zero-order chi connectivity index (χ0) is 26.8. The number of anilines is 1. The number of rotatable bonds is 11. The fourth-order valence-electron chi connectivity index (χ4n) is 3.60. The first-order chi connectivity index (χ1) is 17.5. The number of thiocarbonyl (C=S) groups is 1. The molecule has 8 nitrogen and oxygen atoms in total. The number of halogens is 3. The number of aromatic nitrogens is 3. The number of hydrogen-bond donors (Lipinski definition) is 3. The van der Waals surface area contributed by atoms with E-state index in [1.165, 1.54) is 6.33 Å². The Labute approximate surface area is 234 Å². The number of nitrogens with one attached hydrogen (secondary N) is 2. The van der Waals surface area contributed by atoms with Crippen molar-refractivity contribution < 1.29 is 23.4 Å². The summed E-state index contributed by atoms with van der Waals surface area (Å²) >= 11 is 7.33. The van der Waals surface area contributed by atoms with Gasteiger partial charge in [0.2, 0.25) is 11.6 Å². The minimum Gasteiger partial charge on any atom is -0.432 e. The largest absolute Gasteiger partial charge is 0.432 e. The van der Waals surface area contributed by atoms with Gasteiger partial charge in [0.1, 0.15) is 18.7 Å². The fraction of sp³-hybridized carbons (Fsp3) is 0.458. The average Bonchev–Trinajstić information content (AvgIpc) is 3.54. The molecule has 0 radical (unpaired) electrons. The van der Waals surface area contributed by atoms with Crippen molar-refractivity contribution in [1.82, 2.24) is 19.9 Å². The molecule has 0 spiro atoms. The zero-order valence-electron chi connectivity index (χ0n) is 20.9. The summed E-state index contributed by atoms with van der Waals surface area (Å²) in [4.78, 5) is 8.46. The van der Waals surface area contributed by atoms with Crippen LogP contribution in [-0.2, 0) is 11.5 Å². The Kier molecular flexibility index (Phi) is 8.67. The maximum atomic E-state index is 14.9. The van der Waals surface area contributed by atoms with E-state index in [0.717, 1.165) is 34.6 Å². The Hall–Kier alpha value is -1.94. The number of aliphatic hydroxyl groups excluding tert-OH is 1. The van der Waals surface area contributed by atoms with Crippen LogP contribution in [0.5, 0.6) is 11.6 Å². The van der Waals surface area contributed by atoms with Crippen LogP contribution in [0.25, 0.3) is 11.0 Å². The number of fused-ring (bicyclic) bond motifs is 1. The topological polar surface area (TPSA) is 93.5 Å². The third kappa shape index (κ3) is 7.13. The summed E-state index contributed by atoms with van der Waals surface area (Å²) in [6.07, 6.45) is 4.97. The van der Waals surface area contributed by atoms with E-state index in [0.29, 0.717) is 30.9 Å². The van der Waals surface area contributed by atoms with Crippen LogP contribution in [0.2, 0.25) is 25.7 Å². The lowest BCUT2D eigenvalue weighted by Gasteiger charge is -2.16. The van der Waals surface area contributed by atoms with E-state index in [2.05, 4.69) is 62.8 Å². The van der Waals surface area contributed by atoms with Crippen LogP contribution in [0.15, 0.2) is 24.7 Å². The molecule has 2 heterocycles. The molecule has 4 rings (SSSR count). The SMILES string of the molecule is C[Si](C)(C)CCOCn1cc(I)c2c(Oc3c(F)cc(NC(=S)NCC4(CO)CC4)cc3F)ncnc21. The first-order valence-electron chi connectivity index (χ1n) is 11.9. The average molecular weight is 662 g/mol. The van der Waals surface area contributed by atoms with Crippen LogP contribution in [0.3, 0.4) is 0 Å².